The van der Waals surface area contributed by atoms with Crippen LogP contribution in [-0.2, 0) is 10.0 Å². The fraction of sp³-hybridized carbons (Fsp3) is 0.0690. The first kappa shape index (κ1) is 29.8. The number of halogens is 2. The summed E-state index contributed by atoms with van der Waals surface area (Å²) in [6.45, 7) is 2.38. The van der Waals surface area contributed by atoms with Crippen LogP contribution in [0.2, 0.25) is 5.02 Å². The maximum absolute atomic E-state index is 12.7. The van der Waals surface area contributed by atoms with E-state index in [1.807, 2.05) is 6.92 Å². The molecule has 0 spiro atoms. The van der Waals surface area contributed by atoms with Crippen LogP contribution in [0.4, 0.5) is 5.69 Å². The van der Waals surface area contributed by atoms with Crippen LogP contribution in [0, 0.1) is 0 Å². The number of hydrogen-bond donors (Lipinski definition) is 2. The number of nitrogens with zero attached hydrogens (tertiary/aromatic N) is 1. The second kappa shape index (κ2) is 13.4. The zero-order chi connectivity index (χ0) is 29.4. The van der Waals surface area contributed by atoms with Crippen molar-refractivity contribution < 1.29 is 27.5 Å². The van der Waals surface area contributed by atoms with Gasteiger partial charge in [-0.05, 0) is 97.9 Å². The molecule has 4 aromatic rings. The van der Waals surface area contributed by atoms with Crippen molar-refractivity contribution >= 4 is 61.3 Å². The topological polar surface area (TPSA) is 123 Å². The Morgan fingerprint density at radius 2 is 1.59 bits per heavy atom. The standard InChI is InChI=1S/C29H23BrClN3O6S/c1-2-39-25-12-5-20(6-13-25)29(36)40-27-16-7-22(30)17-21(27)18-32-33-28(35)19-3-10-24(11-4-19)34-41(37,38)26-14-8-23(31)9-15-26/h3-18,34H,2H2,1H3,(H,33,35). The number of anilines is 1. The third-order valence-electron chi connectivity index (χ3n) is 5.47. The summed E-state index contributed by atoms with van der Waals surface area (Å²) in [5, 5.41) is 4.40. The van der Waals surface area contributed by atoms with E-state index in [4.69, 9.17) is 21.1 Å². The molecule has 12 heteroatoms. The van der Waals surface area contributed by atoms with Gasteiger partial charge in [0.2, 0.25) is 0 Å². The van der Waals surface area contributed by atoms with Gasteiger partial charge in [-0.3, -0.25) is 9.52 Å². The maximum atomic E-state index is 12.7. The van der Waals surface area contributed by atoms with Crippen molar-refractivity contribution in [2.45, 2.75) is 11.8 Å². The first-order chi connectivity index (χ1) is 19.6. The Morgan fingerprint density at radius 1 is 0.927 bits per heavy atom. The van der Waals surface area contributed by atoms with Crippen molar-refractivity contribution in [1.29, 1.82) is 0 Å². The Hall–Kier alpha value is -4.19. The normalized spacial score (nSPS) is 11.2. The molecule has 4 rings (SSSR count). The fourth-order valence-electron chi connectivity index (χ4n) is 3.47. The van der Waals surface area contributed by atoms with Gasteiger partial charge in [0.15, 0.2) is 0 Å². The highest BCUT2D eigenvalue weighted by Crippen LogP contribution is 2.24. The molecule has 210 valence electrons. The Kier molecular flexibility index (Phi) is 9.77. The van der Waals surface area contributed by atoms with E-state index in [9.17, 15) is 18.0 Å². The highest BCUT2D eigenvalue weighted by Gasteiger charge is 2.15. The van der Waals surface area contributed by atoms with Gasteiger partial charge in [0.25, 0.3) is 15.9 Å². The van der Waals surface area contributed by atoms with Gasteiger partial charge in [-0.25, -0.2) is 18.6 Å². The van der Waals surface area contributed by atoms with E-state index in [1.165, 1.54) is 54.7 Å². The predicted molar refractivity (Wildman–Crippen MR) is 160 cm³/mol. The minimum atomic E-state index is -3.82. The molecule has 0 aliphatic rings. The zero-order valence-electron chi connectivity index (χ0n) is 21.5. The molecule has 4 aromatic carbocycles. The number of benzene rings is 4. The summed E-state index contributed by atoms with van der Waals surface area (Å²) in [4.78, 5) is 25.3. The number of carbonyl (C=O) groups excluding carboxylic acids is 2. The van der Waals surface area contributed by atoms with E-state index in [1.54, 1.807) is 42.5 Å². The van der Waals surface area contributed by atoms with Crippen LogP contribution in [0.1, 0.15) is 33.2 Å². The Bertz CT molecular complexity index is 1680. The minimum Gasteiger partial charge on any atom is -0.494 e. The smallest absolute Gasteiger partial charge is 0.343 e. The molecule has 9 nitrogen and oxygen atoms in total. The summed E-state index contributed by atoms with van der Waals surface area (Å²) in [7, 11) is -3.82. The van der Waals surface area contributed by atoms with Gasteiger partial charge in [-0.1, -0.05) is 27.5 Å². The van der Waals surface area contributed by atoms with Crippen molar-refractivity contribution in [2.24, 2.45) is 5.10 Å². The third-order valence-corrected chi connectivity index (χ3v) is 7.61. The SMILES string of the molecule is CCOc1ccc(C(=O)Oc2ccc(Br)cc2C=NNC(=O)c2ccc(NS(=O)(=O)c3ccc(Cl)cc3)cc2)cc1. The molecule has 0 aliphatic carbocycles. The number of hydrazone groups is 1. The molecule has 0 aromatic heterocycles. The number of nitrogens with one attached hydrogen (secondary N) is 2. The Morgan fingerprint density at radius 3 is 2.24 bits per heavy atom. The number of ether oxygens (including phenoxy) is 2. The molecule has 0 saturated carbocycles. The molecular weight excluding hydrogens is 634 g/mol. The van der Waals surface area contributed by atoms with E-state index in [0.717, 1.165) is 0 Å². The van der Waals surface area contributed by atoms with Crippen molar-refractivity contribution in [3.05, 3.63) is 117 Å². The number of rotatable bonds is 10. The fourth-order valence-corrected chi connectivity index (χ4v) is 5.03. The van der Waals surface area contributed by atoms with E-state index in [0.29, 0.717) is 33.0 Å². The summed E-state index contributed by atoms with van der Waals surface area (Å²) in [6.07, 6.45) is 1.35. The van der Waals surface area contributed by atoms with Gasteiger partial charge in [0.05, 0.1) is 23.3 Å². The lowest BCUT2D eigenvalue weighted by Crippen LogP contribution is -2.18. The monoisotopic (exact) mass is 655 g/mol. The van der Waals surface area contributed by atoms with Gasteiger partial charge < -0.3 is 9.47 Å². The van der Waals surface area contributed by atoms with Crippen molar-refractivity contribution in [3.8, 4) is 11.5 Å². The van der Waals surface area contributed by atoms with Crippen LogP contribution in [0.3, 0.4) is 0 Å². The van der Waals surface area contributed by atoms with Crippen LogP contribution in [0.25, 0.3) is 0 Å². The summed E-state index contributed by atoms with van der Waals surface area (Å²) in [5.74, 6) is -0.218. The summed E-state index contributed by atoms with van der Waals surface area (Å²) >= 11 is 9.20. The largest absolute Gasteiger partial charge is 0.494 e. The quantitative estimate of drug-likeness (QED) is 0.0896. The second-order valence-corrected chi connectivity index (χ2v) is 11.4. The first-order valence-electron chi connectivity index (χ1n) is 12.1. The summed E-state index contributed by atoms with van der Waals surface area (Å²) in [5.41, 5.74) is 3.70. The summed E-state index contributed by atoms with van der Waals surface area (Å²) < 4.78 is 39.2. The molecule has 2 N–H and O–H groups in total. The van der Waals surface area contributed by atoms with E-state index < -0.39 is 21.9 Å². The average molecular weight is 657 g/mol. The van der Waals surface area contributed by atoms with Crippen LogP contribution in [0.15, 0.2) is 105 Å². The lowest BCUT2D eigenvalue weighted by Gasteiger charge is -2.09. The van der Waals surface area contributed by atoms with Crippen molar-refractivity contribution in [2.75, 3.05) is 11.3 Å². The average Bonchev–Trinajstić information content (AvgIpc) is 2.95. The van der Waals surface area contributed by atoms with Crippen LogP contribution in [-0.4, -0.2) is 33.1 Å². The second-order valence-electron chi connectivity index (χ2n) is 8.36. The molecule has 1 amide bonds. The van der Waals surface area contributed by atoms with Gasteiger partial charge in [-0.15, -0.1) is 0 Å². The maximum Gasteiger partial charge on any atom is 0.343 e. The molecule has 0 heterocycles. The Balaban J connectivity index is 1.39. The molecule has 41 heavy (non-hydrogen) atoms. The number of hydrogen-bond acceptors (Lipinski definition) is 7. The van der Waals surface area contributed by atoms with Crippen LogP contribution < -0.4 is 19.6 Å². The number of amides is 1. The summed E-state index contributed by atoms with van der Waals surface area (Å²) in [6, 6.07) is 23.1. The number of sulfonamides is 1. The lowest BCUT2D eigenvalue weighted by molar-refractivity contribution is 0.0734. The minimum absolute atomic E-state index is 0.0511. The molecule has 0 radical (unpaired) electrons. The van der Waals surface area contributed by atoms with Gasteiger partial charge >= 0.3 is 5.97 Å². The highest BCUT2D eigenvalue weighted by molar-refractivity contribution is 9.10. The number of esters is 1. The molecule has 0 aliphatic heterocycles. The highest BCUT2D eigenvalue weighted by atomic mass is 79.9. The third kappa shape index (κ3) is 8.16. The van der Waals surface area contributed by atoms with Crippen molar-refractivity contribution in [1.82, 2.24) is 5.43 Å². The molecule has 0 fully saturated rings. The van der Waals surface area contributed by atoms with Gasteiger partial charge in [-0.2, -0.15) is 5.10 Å². The van der Waals surface area contributed by atoms with E-state index >= 15 is 0 Å². The van der Waals surface area contributed by atoms with Gasteiger partial charge in [0, 0.05) is 26.3 Å². The number of carbonyl (C=O) groups is 2. The molecule has 0 unspecified atom stereocenters. The molecular formula is C29H23BrClN3O6S. The van der Waals surface area contributed by atoms with Crippen molar-refractivity contribution in [3.63, 3.8) is 0 Å². The van der Waals surface area contributed by atoms with Crippen LogP contribution in [0.5, 0.6) is 11.5 Å². The van der Waals surface area contributed by atoms with E-state index in [-0.39, 0.29) is 21.9 Å². The molecule has 0 saturated heterocycles. The van der Waals surface area contributed by atoms with E-state index in [2.05, 4.69) is 31.2 Å². The Labute approximate surface area is 250 Å². The van der Waals surface area contributed by atoms with Gasteiger partial charge in [0.1, 0.15) is 11.5 Å². The zero-order valence-corrected chi connectivity index (χ0v) is 24.7. The first-order valence-corrected chi connectivity index (χ1v) is 14.8. The lowest BCUT2D eigenvalue weighted by atomic mass is 10.2. The predicted octanol–water partition coefficient (Wildman–Crippen LogP) is 6.29. The molecule has 0 atom stereocenters. The molecule has 0 bridgehead atoms. The van der Waals surface area contributed by atoms with Crippen LogP contribution >= 0.6 is 27.5 Å².